The van der Waals surface area contributed by atoms with Crippen molar-refractivity contribution in [3.63, 3.8) is 0 Å². The molecule has 0 atom stereocenters. The van der Waals surface area contributed by atoms with Gasteiger partial charge in [0.15, 0.2) is 0 Å². The molecule has 47 valence electrons. The van der Waals surface area contributed by atoms with Gasteiger partial charge in [-0.3, -0.25) is 0 Å². The summed E-state index contributed by atoms with van der Waals surface area (Å²) >= 11 is 0. The molecule has 3 heteroatoms. The fourth-order valence-corrected chi connectivity index (χ4v) is 0. The molecule has 0 aliphatic carbocycles. The summed E-state index contributed by atoms with van der Waals surface area (Å²) in [4.78, 5) is 0. The van der Waals surface area contributed by atoms with E-state index in [1.807, 2.05) is 0 Å². The van der Waals surface area contributed by atoms with Gasteiger partial charge in [-0.1, -0.05) is 6.92 Å². The Hall–Kier alpha value is 1.75. The van der Waals surface area contributed by atoms with Crippen molar-refractivity contribution in [2.75, 3.05) is 6.54 Å². The predicted molar refractivity (Wildman–Crippen MR) is 30.2 cm³/mol. The molecule has 0 aliphatic rings. The van der Waals surface area contributed by atoms with Crippen LogP contribution in [0.5, 0.6) is 0 Å². The minimum atomic E-state index is 0. The molecule has 0 unspecified atom stereocenters. The Morgan fingerprint density at radius 3 is 1.38 bits per heavy atom. The van der Waals surface area contributed by atoms with Crippen molar-refractivity contribution >= 4 is 0 Å². The van der Waals surface area contributed by atoms with Gasteiger partial charge in [0, 0.05) is 32.7 Å². The van der Waals surface area contributed by atoms with E-state index in [2.05, 4.69) is 13.8 Å². The van der Waals surface area contributed by atoms with E-state index in [0.29, 0.717) is 6.54 Å². The molecule has 0 aromatic carbocycles. The third-order valence-electron chi connectivity index (χ3n) is 0. The van der Waals surface area contributed by atoms with Crippen molar-refractivity contribution in [3.05, 3.63) is 19.6 Å². The van der Waals surface area contributed by atoms with Crippen LogP contribution in [0.2, 0.25) is 0 Å². The van der Waals surface area contributed by atoms with Crippen LogP contribution in [-0.4, -0.2) is 6.54 Å². The Bertz CT molecular complexity index is 14.4. The van der Waals surface area contributed by atoms with Gasteiger partial charge in [0.25, 0.3) is 0 Å². The van der Waals surface area contributed by atoms with Crippen LogP contribution in [0, 0.1) is 13.8 Å². The summed E-state index contributed by atoms with van der Waals surface area (Å²) in [6.07, 6.45) is 0.750. The van der Waals surface area contributed by atoms with Crippen molar-refractivity contribution in [3.8, 4) is 0 Å². The minimum absolute atomic E-state index is 0. The average Bonchev–Trinajstić information content (AvgIpc) is 1.39. The normalized spacial score (nSPS) is 4.50. The van der Waals surface area contributed by atoms with Crippen LogP contribution < -0.4 is 0 Å². The maximum Gasteiger partial charge on any atom is 2.00 e. The van der Waals surface area contributed by atoms with Gasteiger partial charge in [0.05, 0.1) is 0 Å². The summed E-state index contributed by atoms with van der Waals surface area (Å²) in [6.45, 7) is 9.04. The van der Waals surface area contributed by atoms with Gasteiger partial charge in [0.1, 0.15) is 0 Å². The van der Waals surface area contributed by atoms with Crippen molar-refractivity contribution in [2.24, 2.45) is 0 Å². The third-order valence-corrected chi connectivity index (χ3v) is 0. The summed E-state index contributed by atoms with van der Waals surface area (Å²) in [5.74, 6) is 0. The molecular weight excluding hydrogens is 347 g/mol. The molecule has 8 heavy (non-hydrogen) atoms. The Labute approximate surface area is 92.3 Å². The molecule has 0 aromatic heterocycles. The van der Waals surface area contributed by atoms with Gasteiger partial charge < -0.3 is 26.0 Å². The fourth-order valence-electron chi connectivity index (χ4n) is 0. The maximum absolute atomic E-state index is 6.21. The molecule has 0 bridgehead atoms. The zero-order valence-corrected chi connectivity index (χ0v) is 11.1. The second-order valence-corrected chi connectivity index (χ2v) is 0.707. The first-order valence-electron chi connectivity index (χ1n) is 2.06. The predicted octanol–water partition coefficient (Wildman–Crippen LogP) is 2.10. The fraction of sp³-hybridized carbons (Fsp3) is 0.600. The first kappa shape index (κ1) is 22.6. The SMILES string of the molecule is CC[NH-].[CH2-]C[CH2-].[W+2].[Y]. The maximum atomic E-state index is 6.21. The van der Waals surface area contributed by atoms with Crippen LogP contribution in [0.15, 0.2) is 0 Å². The summed E-state index contributed by atoms with van der Waals surface area (Å²) in [6, 6.07) is 0. The van der Waals surface area contributed by atoms with Gasteiger partial charge in [0.2, 0.25) is 0 Å². The molecule has 0 saturated heterocycles. The van der Waals surface area contributed by atoms with Crippen LogP contribution in [0.1, 0.15) is 13.3 Å². The Morgan fingerprint density at radius 1 is 1.38 bits per heavy atom. The quantitative estimate of drug-likeness (QED) is 0.592. The molecule has 1 N–H and O–H groups in total. The summed E-state index contributed by atoms with van der Waals surface area (Å²) in [5, 5.41) is 0. The van der Waals surface area contributed by atoms with Crippen molar-refractivity contribution in [1.82, 2.24) is 0 Å². The minimum Gasteiger partial charge on any atom is -0.678 e. The number of hydrogen-bond acceptors (Lipinski definition) is 0. The van der Waals surface area contributed by atoms with Crippen molar-refractivity contribution in [2.45, 2.75) is 13.3 Å². The van der Waals surface area contributed by atoms with E-state index >= 15 is 0 Å². The molecule has 0 aromatic rings. The number of rotatable bonds is 0. The summed E-state index contributed by atoms with van der Waals surface area (Å²) in [5.41, 5.74) is 6.21. The van der Waals surface area contributed by atoms with E-state index in [4.69, 9.17) is 5.73 Å². The van der Waals surface area contributed by atoms with Gasteiger partial charge in [-0.25, -0.2) is 0 Å². The first-order chi connectivity index (χ1) is 2.83. The molecule has 0 spiro atoms. The second kappa shape index (κ2) is 37.4. The smallest absolute Gasteiger partial charge is 0.678 e. The Morgan fingerprint density at radius 2 is 1.38 bits per heavy atom. The average molecular weight is 359 g/mol. The Kier molecular flexibility index (Phi) is 105. The molecular formula is C5H12NWY-. The van der Waals surface area contributed by atoms with E-state index in [1.165, 1.54) is 0 Å². The molecule has 0 heterocycles. The second-order valence-electron chi connectivity index (χ2n) is 0.707. The first-order valence-corrected chi connectivity index (χ1v) is 2.06. The molecule has 0 fully saturated rings. The van der Waals surface area contributed by atoms with Gasteiger partial charge >= 0.3 is 21.1 Å². The van der Waals surface area contributed by atoms with E-state index in [0.717, 1.165) is 6.42 Å². The molecule has 0 rings (SSSR count). The van der Waals surface area contributed by atoms with Crippen LogP contribution >= 0.6 is 0 Å². The van der Waals surface area contributed by atoms with Crippen molar-refractivity contribution < 1.29 is 53.8 Å². The van der Waals surface area contributed by atoms with E-state index in [1.54, 1.807) is 6.92 Å². The Balaban J connectivity index is -0.0000000160. The largest absolute Gasteiger partial charge is 2.00 e. The van der Waals surface area contributed by atoms with E-state index < -0.39 is 0 Å². The molecule has 0 aliphatic heterocycles. The van der Waals surface area contributed by atoms with Crippen LogP contribution in [0.4, 0.5) is 0 Å². The molecule has 0 saturated carbocycles. The zero-order valence-electron chi connectivity index (χ0n) is 5.31. The van der Waals surface area contributed by atoms with Gasteiger partial charge in [-0.15, -0.1) is 0 Å². The summed E-state index contributed by atoms with van der Waals surface area (Å²) in [7, 11) is 0. The molecule has 1 nitrogen and oxygen atoms in total. The molecule has 0 amide bonds. The monoisotopic (exact) mass is 359 g/mol. The number of nitrogens with one attached hydrogen (secondary N) is 1. The zero-order chi connectivity index (χ0) is 5.41. The van der Waals surface area contributed by atoms with Gasteiger partial charge in [-0.05, 0) is 0 Å². The van der Waals surface area contributed by atoms with Crippen LogP contribution in [0.3, 0.4) is 0 Å². The van der Waals surface area contributed by atoms with Crippen LogP contribution in [0.25, 0.3) is 5.73 Å². The van der Waals surface area contributed by atoms with E-state index in [9.17, 15) is 0 Å². The number of hydrogen-bond donors (Lipinski definition) is 0. The topological polar surface area (TPSA) is 23.8 Å². The third kappa shape index (κ3) is 115. The van der Waals surface area contributed by atoms with Gasteiger partial charge in [-0.2, -0.15) is 6.54 Å². The molecule has 1 radical (unpaired) electrons. The van der Waals surface area contributed by atoms with Crippen molar-refractivity contribution in [1.29, 1.82) is 0 Å². The summed E-state index contributed by atoms with van der Waals surface area (Å²) < 4.78 is 0. The van der Waals surface area contributed by atoms with E-state index in [-0.39, 0.29) is 53.8 Å². The van der Waals surface area contributed by atoms with Crippen LogP contribution in [-0.2, 0) is 53.8 Å². The standard InChI is InChI=1S/C3H6.C2H6N.W.Y/c1-3-2;1-2-3;;/h1-3H2;3H,2H2,1H3;;/q-2;-1;+2;.